The molecule has 1 N–H and O–H groups in total. The molecule has 0 unspecified atom stereocenters. The van der Waals surface area contributed by atoms with Gasteiger partial charge in [-0.3, -0.25) is 0 Å². The Balaban J connectivity index is 2.74. The minimum absolute atomic E-state index is 0.570. The fourth-order valence-electron chi connectivity index (χ4n) is 0.578. The minimum Gasteiger partial charge on any atom is -0.381 e. The van der Waals surface area contributed by atoms with Gasteiger partial charge in [-0.1, -0.05) is 5.92 Å². The summed E-state index contributed by atoms with van der Waals surface area (Å²) in [6.45, 7) is 3.55. The van der Waals surface area contributed by atoms with Gasteiger partial charge in [0.15, 0.2) is 5.01 Å². The highest BCUT2D eigenvalue weighted by molar-refractivity contribution is 7.10. The number of hydrogen-bond donors (Lipinski definition) is 1. The molecule has 0 amide bonds. The Morgan fingerprint density at radius 3 is 2.91 bits per heavy atom. The average Bonchev–Trinajstić information content (AvgIpc) is 2.31. The van der Waals surface area contributed by atoms with E-state index in [0.29, 0.717) is 0 Å². The van der Waals surface area contributed by atoms with Gasteiger partial charge in [-0.15, -0.1) is 11.3 Å². The van der Waals surface area contributed by atoms with Gasteiger partial charge >= 0.3 is 0 Å². The van der Waals surface area contributed by atoms with Crippen LogP contribution in [0.2, 0.25) is 0 Å². The minimum atomic E-state index is -0.570. The lowest BCUT2D eigenvalue weighted by Crippen LogP contribution is -1.92. The Labute approximate surface area is 69.9 Å². The highest BCUT2D eigenvalue weighted by atomic mass is 32.1. The molecular weight excluding hydrogens is 158 g/mol. The predicted molar refractivity (Wildman–Crippen MR) is 45.4 cm³/mol. The van der Waals surface area contributed by atoms with Crippen LogP contribution in [0.3, 0.4) is 0 Å². The lowest BCUT2D eigenvalue weighted by Gasteiger charge is -1.84. The van der Waals surface area contributed by atoms with Gasteiger partial charge in [0.2, 0.25) is 0 Å². The third-order valence-electron chi connectivity index (χ3n) is 1.01. The van der Waals surface area contributed by atoms with E-state index in [1.807, 2.05) is 12.3 Å². The largest absolute Gasteiger partial charge is 0.381 e. The Morgan fingerprint density at radius 1 is 1.73 bits per heavy atom. The van der Waals surface area contributed by atoms with Crippen molar-refractivity contribution in [1.82, 2.24) is 4.98 Å². The van der Waals surface area contributed by atoms with Crippen molar-refractivity contribution in [3.8, 4) is 11.8 Å². The number of hydrogen-bond acceptors (Lipinski definition) is 3. The van der Waals surface area contributed by atoms with Crippen molar-refractivity contribution >= 4 is 11.3 Å². The van der Waals surface area contributed by atoms with Crippen molar-refractivity contribution in [2.75, 3.05) is 0 Å². The van der Waals surface area contributed by atoms with Crippen LogP contribution in [0.5, 0.6) is 0 Å². The predicted octanol–water partition coefficient (Wildman–Crippen LogP) is 1.18. The molecule has 0 aliphatic carbocycles. The summed E-state index contributed by atoms with van der Waals surface area (Å²) in [7, 11) is 0. The molecule has 0 fully saturated rings. The van der Waals surface area contributed by atoms with Gasteiger partial charge in [0, 0.05) is 11.1 Å². The third-order valence-corrected chi connectivity index (χ3v) is 1.88. The van der Waals surface area contributed by atoms with Crippen molar-refractivity contribution < 1.29 is 5.11 Å². The summed E-state index contributed by atoms with van der Waals surface area (Å²) in [5.41, 5.74) is 0.977. The molecule has 11 heavy (non-hydrogen) atoms. The molecule has 3 heteroatoms. The Bertz CT molecular complexity index is 293. The summed E-state index contributed by atoms with van der Waals surface area (Å²) >= 11 is 1.50. The number of thiazole rings is 1. The third kappa shape index (κ3) is 2.71. The van der Waals surface area contributed by atoms with Crippen molar-refractivity contribution in [3.63, 3.8) is 0 Å². The van der Waals surface area contributed by atoms with Crippen LogP contribution in [0.15, 0.2) is 5.38 Å². The summed E-state index contributed by atoms with van der Waals surface area (Å²) in [5, 5.41) is 11.5. The molecule has 0 saturated heterocycles. The van der Waals surface area contributed by atoms with Crippen LogP contribution in [0.4, 0.5) is 0 Å². The fraction of sp³-hybridized carbons (Fsp3) is 0.375. The zero-order chi connectivity index (χ0) is 8.27. The maximum atomic E-state index is 8.82. The van der Waals surface area contributed by atoms with Crippen LogP contribution in [0.25, 0.3) is 0 Å². The van der Waals surface area contributed by atoms with Crippen LogP contribution in [-0.4, -0.2) is 16.2 Å². The van der Waals surface area contributed by atoms with E-state index in [-0.39, 0.29) is 0 Å². The van der Waals surface area contributed by atoms with Crippen LogP contribution in [0.1, 0.15) is 17.6 Å². The van der Waals surface area contributed by atoms with Gasteiger partial charge in [0.1, 0.15) is 6.10 Å². The van der Waals surface area contributed by atoms with Crippen molar-refractivity contribution in [3.05, 3.63) is 16.1 Å². The van der Waals surface area contributed by atoms with Crippen molar-refractivity contribution in [2.24, 2.45) is 0 Å². The van der Waals surface area contributed by atoms with Crippen LogP contribution in [0, 0.1) is 18.8 Å². The Kier molecular flexibility index (Phi) is 2.64. The molecule has 0 aliphatic rings. The number of aryl methyl sites for hydroxylation is 1. The number of nitrogens with zero attached hydrogens (tertiary/aromatic N) is 1. The van der Waals surface area contributed by atoms with E-state index in [1.54, 1.807) is 6.92 Å². The van der Waals surface area contributed by atoms with Crippen molar-refractivity contribution in [2.45, 2.75) is 20.0 Å². The molecule has 0 saturated carbocycles. The second kappa shape index (κ2) is 3.51. The van der Waals surface area contributed by atoms with Gasteiger partial charge in [-0.2, -0.15) is 0 Å². The van der Waals surface area contributed by atoms with E-state index in [1.165, 1.54) is 11.3 Å². The van der Waals surface area contributed by atoms with Gasteiger partial charge in [0.25, 0.3) is 0 Å². The number of rotatable bonds is 0. The number of aliphatic hydroxyl groups is 1. The lowest BCUT2D eigenvalue weighted by atomic mass is 10.4. The van der Waals surface area contributed by atoms with E-state index in [4.69, 9.17) is 5.11 Å². The molecule has 1 atom stereocenters. The van der Waals surface area contributed by atoms with Crippen LogP contribution >= 0.6 is 11.3 Å². The van der Waals surface area contributed by atoms with E-state index >= 15 is 0 Å². The summed E-state index contributed by atoms with van der Waals surface area (Å²) < 4.78 is 0. The SMILES string of the molecule is Cc1csc(C#C[C@H](C)O)n1. The van der Waals surface area contributed by atoms with E-state index < -0.39 is 6.10 Å². The Hall–Kier alpha value is -0.850. The van der Waals surface area contributed by atoms with E-state index in [2.05, 4.69) is 16.8 Å². The highest BCUT2D eigenvalue weighted by Gasteiger charge is 1.92. The van der Waals surface area contributed by atoms with E-state index in [9.17, 15) is 0 Å². The summed E-state index contributed by atoms with van der Waals surface area (Å²) in [6.07, 6.45) is -0.570. The quantitative estimate of drug-likeness (QED) is 0.589. The molecule has 1 aromatic heterocycles. The highest BCUT2D eigenvalue weighted by Crippen LogP contribution is 2.06. The molecule has 58 valence electrons. The van der Waals surface area contributed by atoms with Gasteiger partial charge in [-0.25, -0.2) is 4.98 Å². The second-order valence-electron chi connectivity index (χ2n) is 2.24. The molecule has 1 aromatic rings. The summed E-state index contributed by atoms with van der Waals surface area (Å²) in [6, 6.07) is 0. The topological polar surface area (TPSA) is 33.1 Å². The number of aromatic nitrogens is 1. The van der Waals surface area contributed by atoms with Crippen LogP contribution < -0.4 is 0 Å². The first-order valence-corrected chi connectivity index (χ1v) is 4.18. The first kappa shape index (κ1) is 8.25. The first-order chi connectivity index (χ1) is 5.18. The molecule has 0 spiro atoms. The molecule has 0 aliphatic heterocycles. The molecule has 1 heterocycles. The molecule has 0 radical (unpaired) electrons. The molecule has 0 bridgehead atoms. The fourth-order valence-corrected chi connectivity index (χ4v) is 1.23. The molecule has 0 aromatic carbocycles. The molecule has 1 rings (SSSR count). The zero-order valence-corrected chi connectivity index (χ0v) is 7.27. The van der Waals surface area contributed by atoms with Gasteiger partial charge in [0.05, 0.1) is 0 Å². The lowest BCUT2D eigenvalue weighted by molar-refractivity contribution is 0.253. The molecule has 2 nitrogen and oxygen atoms in total. The monoisotopic (exact) mass is 167 g/mol. The normalized spacial score (nSPS) is 11.9. The van der Waals surface area contributed by atoms with E-state index in [0.717, 1.165) is 10.7 Å². The average molecular weight is 167 g/mol. The van der Waals surface area contributed by atoms with Crippen LogP contribution in [-0.2, 0) is 0 Å². The standard InChI is InChI=1S/C8H9NOS/c1-6-5-11-8(9-6)4-3-7(2)10/h5,7,10H,1-2H3/t7-/m0/s1. The zero-order valence-electron chi connectivity index (χ0n) is 6.46. The molecular formula is C8H9NOS. The second-order valence-corrected chi connectivity index (χ2v) is 3.10. The maximum absolute atomic E-state index is 8.82. The number of aliphatic hydroxyl groups excluding tert-OH is 1. The summed E-state index contributed by atoms with van der Waals surface area (Å²) in [5.74, 6) is 5.40. The smallest absolute Gasteiger partial charge is 0.167 e. The van der Waals surface area contributed by atoms with Gasteiger partial charge < -0.3 is 5.11 Å². The maximum Gasteiger partial charge on any atom is 0.167 e. The van der Waals surface area contributed by atoms with Crippen molar-refractivity contribution in [1.29, 1.82) is 0 Å². The first-order valence-electron chi connectivity index (χ1n) is 3.30. The Morgan fingerprint density at radius 2 is 2.45 bits per heavy atom. The summed E-state index contributed by atoms with van der Waals surface area (Å²) in [4.78, 5) is 4.12. The van der Waals surface area contributed by atoms with Gasteiger partial charge in [-0.05, 0) is 19.8 Å².